The van der Waals surface area contributed by atoms with Crippen molar-refractivity contribution in [2.45, 2.75) is 56.9 Å². The second-order valence-electron chi connectivity index (χ2n) is 6.22. The summed E-state index contributed by atoms with van der Waals surface area (Å²) in [6.07, 6.45) is -0.651. The Kier molecular flexibility index (Phi) is 3.14. The van der Waals surface area contributed by atoms with Crippen LogP contribution in [0.2, 0.25) is 0 Å². The van der Waals surface area contributed by atoms with Crippen molar-refractivity contribution in [3.8, 4) is 6.01 Å². The van der Waals surface area contributed by atoms with Gasteiger partial charge in [-0.1, -0.05) is 0 Å². The molecule has 0 amide bonds. The van der Waals surface area contributed by atoms with Crippen LogP contribution in [0.1, 0.15) is 13.8 Å². The highest BCUT2D eigenvalue weighted by Crippen LogP contribution is 2.41. The molecule has 3 aliphatic heterocycles. The van der Waals surface area contributed by atoms with Crippen molar-refractivity contribution in [1.29, 1.82) is 0 Å². The number of methoxy groups -OCH3 is 1. The Labute approximate surface area is 131 Å². The fourth-order valence-corrected chi connectivity index (χ4v) is 3.31. The molecule has 10 nitrogen and oxygen atoms in total. The van der Waals surface area contributed by atoms with Crippen molar-refractivity contribution in [3.05, 3.63) is 16.3 Å². The molecule has 0 aliphatic carbocycles. The molecule has 2 saturated heterocycles. The molecule has 0 N–H and O–H groups in total. The van der Waals surface area contributed by atoms with Crippen LogP contribution in [0.4, 0.5) is 5.82 Å². The molecule has 0 radical (unpaired) electrons. The third-order valence-electron chi connectivity index (χ3n) is 4.21. The van der Waals surface area contributed by atoms with E-state index in [1.807, 2.05) is 13.8 Å². The van der Waals surface area contributed by atoms with E-state index in [1.54, 1.807) is 11.7 Å². The summed E-state index contributed by atoms with van der Waals surface area (Å²) in [4.78, 5) is 14.0. The highest BCUT2D eigenvalue weighted by molar-refractivity contribution is 5.23. The zero-order valence-electron chi connectivity index (χ0n) is 12.9. The van der Waals surface area contributed by atoms with Crippen LogP contribution in [0.15, 0.2) is 6.20 Å². The molecule has 23 heavy (non-hydrogen) atoms. The molecule has 4 heterocycles. The number of nitro groups is 1. The second kappa shape index (κ2) is 4.87. The van der Waals surface area contributed by atoms with Crippen LogP contribution in [-0.4, -0.2) is 58.1 Å². The van der Waals surface area contributed by atoms with Crippen LogP contribution in [0.25, 0.3) is 0 Å². The Morgan fingerprint density at radius 1 is 1.43 bits per heavy atom. The van der Waals surface area contributed by atoms with E-state index in [9.17, 15) is 10.1 Å². The van der Waals surface area contributed by atoms with Gasteiger partial charge in [0.2, 0.25) is 0 Å². The van der Waals surface area contributed by atoms with Gasteiger partial charge in [-0.05, 0) is 18.8 Å². The topological polar surface area (TPSA) is 107 Å². The molecule has 3 aliphatic rings. The molecule has 1 aromatic heterocycles. The van der Waals surface area contributed by atoms with Crippen LogP contribution >= 0.6 is 0 Å². The van der Waals surface area contributed by atoms with Crippen molar-refractivity contribution in [2.75, 3.05) is 7.11 Å². The van der Waals surface area contributed by atoms with E-state index >= 15 is 0 Å². The lowest BCUT2D eigenvalue weighted by atomic mass is 10.1. The van der Waals surface area contributed by atoms with Crippen molar-refractivity contribution >= 4 is 5.82 Å². The van der Waals surface area contributed by atoms with Gasteiger partial charge in [0.1, 0.15) is 24.5 Å². The number of hydrogen-bond acceptors (Lipinski definition) is 8. The lowest BCUT2D eigenvalue weighted by Crippen LogP contribution is -2.44. The summed E-state index contributed by atoms with van der Waals surface area (Å²) in [6, 6.07) is 0.208. The van der Waals surface area contributed by atoms with Crippen LogP contribution in [0.3, 0.4) is 0 Å². The maximum Gasteiger partial charge on any atom is 0.414 e. The van der Waals surface area contributed by atoms with Gasteiger partial charge in [0.05, 0.1) is 6.54 Å². The molecule has 0 spiro atoms. The van der Waals surface area contributed by atoms with Gasteiger partial charge in [0.25, 0.3) is 0 Å². The minimum absolute atomic E-state index is 0.208. The van der Waals surface area contributed by atoms with Gasteiger partial charge in [0.15, 0.2) is 18.2 Å². The predicted molar refractivity (Wildman–Crippen MR) is 72.8 cm³/mol. The quantitative estimate of drug-likeness (QED) is 0.581. The number of ether oxygens (including phenoxy) is 5. The minimum atomic E-state index is -0.721. The van der Waals surface area contributed by atoms with E-state index in [0.29, 0.717) is 6.54 Å². The molecule has 5 atom stereocenters. The summed E-state index contributed by atoms with van der Waals surface area (Å²) < 4.78 is 30.3. The summed E-state index contributed by atoms with van der Waals surface area (Å²) >= 11 is 0. The Bertz CT molecular complexity index is 622. The first-order valence-corrected chi connectivity index (χ1v) is 7.30. The molecule has 4 rings (SSSR count). The minimum Gasteiger partial charge on any atom is -0.438 e. The van der Waals surface area contributed by atoms with Gasteiger partial charge in [-0.25, -0.2) is 0 Å². The van der Waals surface area contributed by atoms with E-state index in [4.69, 9.17) is 23.7 Å². The molecule has 0 unspecified atom stereocenters. The van der Waals surface area contributed by atoms with Crippen molar-refractivity contribution in [1.82, 2.24) is 9.55 Å². The summed E-state index contributed by atoms with van der Waals surface area (Å²) in [5.74, 6) is -0.958. The van der Waals surface area contributed by atoms with E-state index < -0.39 is 23.1 Å². The maximum atomic E-state index is 10.7. The molecule has 1 aromatic rings. The molecule has 0 bridgehead atoms. The molecular weight excluding hydrogens is 310 g/mol. The fourth-order valence-electron chi connectivity index (χ4n) is 3.31. The molecule has 10 heteroatoms. The standard InChI is InChI=1S/C13H17N3O7/c1-13(2)22-10-9(19-3)8(21-11(10)23-13)6-4-15-5-7(16(17)18)14-12(15)20-6/h5-6,8-11H,4H2,1-3H3/t6-,8-,9+,10-,11-/m1/s1. The Morgan fingerprint density at radius 3 is 2.87 bits per heavy atom. The average molecular weight is 327 g/mol. The Morgan fingerprint density at radius 2 is 2.22 bits per heavy atom. The van der Waals surface area contributed by atoms with E-state index in [-0.39, 0.29) is 30.1 Å². The third kappa shape index (κ3) is 2.29. The highest BCUT2D eigenvalue weighted by Gasteiger charge is 2.58. The maximum absolute atomic E-state index is 10.7. The molecule has 2 fully saturated rings. The lowest BCUT2D eigenvalue weighted by molar-refractivity contribution is -0.389. The third-order valence-corrected chi connectivity index (χ3v) is 4.21. The number of imidazole rings is 1. The van der Waals surface area contributed by atoms with Crippen molar-refractivity contribution < 1.29 is 28.6 Å². The summed E-state index contributed by atoms with van der Waals surface area (Å²) in [5, 5.41) is 10.7. The molecular formula is C13H17N3O7. The van der Waals surface area contributed by atoms with E-state index in [0.717, 1.165) is 0 Å². The number of rotatable bonds is 3. The van der Waals surface area contributed by atoms with Crippen LogP contribution in [0, 0.1) is 10.1 Å². The zero-order chi connectivity index (χ0) is 16.4. The normalized spacial score (nSPS) is 37.4. The number of fused-ring (bicyclic) bond motifs is 2. The number of hydrogen-bond donors (Lipinski definition) is 0. The van der Waals surface area contributed by atoms with Gasteiger partial charge in [-0.3, -0.25) is 4.57 Å². The van der Waals surface area contributed by atoms with Crippen LogP contribution in [-0.2, 0) is 25.5 Å². The number of aromatic nitrogens is 2. The first-order chi connectivity index (χ1) is 10.9. The number of nitrogens with zero attached hydrogens (tertiary/aromatic N) is 3. The van der Waals surface area contributed by atoms with E-state index in [1.165, 1.54) is 6.20 Å². The van der Waals surface area contributed by atoms with Crippen LogP contribution in [0.5, 0.6) is 6.01 Å². The van der Waals surface area contributed by atoms with Gasteiger partial charge >= 0.3 is 11.8 Å². The SMILES string of the molecule is CO[C@@H]1[C@H]2OC(C)(C)O[C@H]2O[C@@H]1[C@H]1Cn2cc([N+](=O)[O-])nc2O1. The first kappa shape index (κ1) is 14.8. The Hall–Kier alpha value is -1.75. The smallest absolute Gasteiger partial charge is 0.414 e. The lowest BCUT2D eigenvalue weighted by Gasteiger charge is -2.27. The Balaban J connectivity index is 1.50. The summed E-state index contributed by atoms with van der Waals surface area (Å²) in [5.41, 5.74) is 0. The van der Waals surface area contributed by atoms with Crippen molar-refractivity contribution in [2.24, 2.45) is 0 Å². The van der Waals surface area contributed by atoms with Gasteiger partial charge in [-0.2, -0.15) is 0 Å². The first-order valence-electron chi connectivity index (χ1n) is 7.30. The largest absolute Gasteiger partial charge is 0.438 e. The molecule has 0 aromatic carbocycles. The van der Waals surface area contributed by atoms with Gasteiger partial charge < -0.3 is 33.8 Å². The monoisotopic (exact) mass is 327 g/mol. The predicted octanol–water partition coefficient (Wildman–Crippen LogP) is 0.444. The van der Waals surface area contributed by atoms with Crippen LogP contribution < -0.4 is 4.74 Å². The fraction of sp³-hybridized carbons (Fsp3) is 0.769. The second-order valence-corrected chi connectivity index (χ2v) is 6.22. The zero-order valence-corrected chi connectivity index (χ0v) is 12.9. The van der Waals surface area contributed by atoms with Gasteiger partial charge in [0, 0.05) is 12.1 Å². The summed E-state index contributed by atoms with van der Waals surface area (Å²) in [6.45, 7) is 4.03. The molecule has 126 valence electrons. The van der Waals surface area contributed by atoms with Crippen molar-refractivity contribution in [3.63, 3.8) is 0 Å². The highest BCUT2D eigenvalue weighted by atomic mass is 16.8. The average Bonchev–Trinajstić information content (AvgIpc) is 3.13. The van der Waals surface area contributed by atoms with E-state index in [2.05, 4.69) is 4.98 Å². The summed E-state index contributed by atoms with van der Waals surface area (Å²) in [7, 11) is 1.58. The molecule has 0 saturated carbocycles. The van der Waals surface area contributed by atoms with Gasteiger partial charge in [-0.15, -0.1) is 0 Å².